The molecular formula is C19H18ClN5O3. The molecule has 8 nitrogen and oxygen atoms in total. The van der Waals surface area contributed by atoms with Crippen molar-refractivity contribution in [1.82, 2.24) is 25.1 Å². The Labute approximate surface area is 166 Å². The van der Waals surface area contributed by atoms with Crippen molar-refractivity contribution in [1.29, 1.82) is 0 Å². The van der Waals surface area contributed by atoms with Crippen LogP contribution in [0, 0.1) is 0 Å². The van der Waals surface area contributed by atoms with Gasteiger partial charge < -0.3 is 14.8 Å². The van der Waals surface area contributed by atoms with E-state index in [1.807, 2.05) is 6.92 Å². The van der Waals surface area contributed by atoms with E-state index in [2.05, 4.69) is 20.4 Å². The number of halogens is 1. The number of nitrogens with one attached hydrogen (secondary N) is 1. The fraction of sp³-hybridized carbons (Fsp3) is 0.263. The van der Waals surface area contributed by atoms with Crippen LogP contribution in [-0.4, -0.2) is 45.9 Å². The number of aromatic nitrogens is 4. The molecule has 1 aromatic carbocycles. The number of benzene rings is 1. The third-order valence-electron chi connectivity index (χ3n) is 4.32. The molecule has 0 radical (unpaired) electrons. The highest BCUT2D eigenvalue weighted by molar-refractivity contribution is 6.32. The SMILES string of the molecule is CCOc1c(Cl)cc(-c2nccc(-c3cc4n(n3)CCNC4=O)n2)cc1OC. The van der Waals surface area contributed by atoms with Crippen molar-refractivity contribution in [2.24, 2.45) is 0 Å². The van der Waals surface area contributed by atoms with Crippen molar-refractivity contribution < 1.29 is 14.3 Å². The number of hydrogen-bond donors (Lipinski definition) is 1. The van der Waals surface area contributed by atoms with Gasteiger partial charge in [0.25, 0.3) is 5.91 Å². The minimum absolute atomic E-state index is 0.137. The monoisotopic (exact) mass is 399 g/mol. The van der Waals surface area contributed by atoms with Crippen molar-refractivity contribution in [2.45, 2.75) is 13.5 Å². The van der Waals surface area contributed by atoms with Crippen LogP contribution >= 0.6 is 11.6 Å². The van der Waals surface area contributed by atoms with Crippen molar-refractivity contribution in [3.05, 3.63) is 41.2 Å². The van der Waals surface area contributed by atoms with E-state index in [1.54, 1.807) is 42.3 Å². The van der Waals surface area contributed by atoms with Gasteiger partial charge in [0, 0.05) is 18.3 Å². The molecule has 0 unspecified atom stereocenters. The van der Waals surface area contributed by atoms with E-state index in [0.717, 1.165) is 0 Å². The molecule has 0 saturated carbocycles. The fourth-order valence-corrected chi connectivity index (χ4v) is 3.30. The average molecular weight is 400 g/mol. The maximum Gasteiger partial charge on any atom is 0.269 e. The van der Waals surface area contributed by atoms with Gasteiger partial charge in [0.15, 0.2) is 17.3 Å². The molecule has 0 bridgehead atoms. The van der Waals surface area contributed by atoms with Gasteiger partial charge in [0.1, 0.15) is 11.4 Å². The molecule has 28 heavy (non-hydrogen) atoms. The minimum atomic E-state index is -0.137. The van der Waals surface area contributed by atoms with Gasteiger partial charge in [-0.25, -0.2) is 9.97 Å². The van der Waals surface area contributed by atoms with Crippen LogP contribution in [0.4, 0.5) is 0 Å². The van der Waals surface area contributed by atoms with Crippen LogP contribution < -0.4 is 14.8 Å². The number of amides is 1. The highest BCUT2D eigenvalue weighted by Crippen LogP contribution is 2.39. The zero-order valence-electron chi connectivity index (χ0n) is 15.4. The third kappa shape index (κ3) is 3.27. The van der Waals surface area contributed by atoms with E-state index in [9.17, 15) is 4.79 Å². The van der Waals surface area contributed by atoms with Crippen LogP contribution in [0.15, 0.2) is 30.5 Å². The summed E-state index contributed by atoms with van der Waals surface area (Å²) in [7, 11) is 1.55. The summed E-state index contributed by atoms with van der Waals surface area (Å²) in [5.41, 5.74) is 2.43. The highest BCUT2D eigenvalue weighted by atomic mass is 35.5. The Bertz CT molecular complexity index is 1050. The van der Waals surface area contributed by atoms with Crippen LogP contribution in [0.25, 0.3) is 22.8 Å². The van der Waals surface area contributed by atoms with Gasteiger partial charge in [-0.05, 0) is 31.2 Å². The Morgan fingerprint density at radius 1 is 1.29 bits per heavy atom. The first-order chi connectivity index (χ1) is 13.6. The lowest BCUT2D eigenvalue weighted by atomic mass is 10.1. The first-order valence-corrected chi connectivity index (χ1v) is 9.18. The molecule has 0 atom stereocenters. The first-order valence-electron chi connectivity index (χ1n) is 8.81. The van der Waals surface area contributed by atoms with Gasteiger partial charge in [-0.2, -0.15) is 5.10 Å². The Morgan fingerprint density at radius 3 is 2.89 bits per heavy atom. The van der Waals surface area contributed by atoms with Crippen LogP contribution in [0.1, 0.15) is 17.4 Å². The number of nitrogens with zero attached hydrogens (tertiary/aromatic N) is 4. The van der Waals surface area contributed by atoms with E-state index in [-0.39, 0.29) is 5.91 Å². The Kier molecular flexibility index (Phi) is 4.87. The van der Waals surface area contributed by atoms with E-state index in [4.69, 9.17) is 21.1 Å². The van der Waals surface area contributed by atoms with E-state index < -0.39 is 0 Å². The van der Waals surface area contributed by atoms with Crippen molar-refractivity contribution in [3.63, 3.8) is 0 Å². The van der Waals surface area contributed by atoms with Crippen LogP contribution in [0.2, 0.25) is 5.02 Å². The topological polar surface area (TPSA) is 91.2 Å². The summed E-state index contributed by atoms with van der Waals surface area (Å²) >= 11 is 6.36. The number of carbonyl (C=O) groups is 1. The first kappa shape index (κ1) is 18.2. The van der Waals surface area contributed by atoms with E-state index >= 15 is 0 Å². The quantitative estimate of drug-likeness (QED) is 0.709. The number of ether oxygens (including phenoxy) is 2. The maximum absolute atomic E-state index is 12.0. The van der Waals surface area contributed by atoms with Gasteiger partial charge in [-0.1, -0.05) is 11.6 Å². The standard InChI is InChI=1S/C19H18ClN5O3/c1-3-28-17-12(20)8-11(9-16(17)27-2)18-21-5-4-13(23-18)14-10-15-19(26)22-6-7-25(15)24-14/h4-5,8-10H,3,6-7H2,1-2H3,(H,22,26). The molecule has 2 aromatic heterocycles. The summed E-state index contributed by atoms with van der Waals surface area (Å²) in [6.45, 7) is 3.54. The summed E-state index contributed by atoms with van der Waals surface area (Å²) in [6.07, 6.45) is 1.65. The van der Waals surface area contributed by atoms with Gasteiger partial charge in [-0.15, -0.1) is 0 Å². The van der Waals surface area contributed by atoms with Gasteiger partial charge in [0.05, 0.1) is 31.0 Å². The zero-order valence-corrected chi connectivity index (χ0v) is 16.2. The largest absolute Gasteiger partial charge is 0.493 e. The molecule has 144 valence electrons. The van der Waals surface area contributed by atoms with Crippen molar-refractivity contribution in [2.75, 3.05) is 20.3 Å². The normalized spacial score (nSPS) is 13.0. The van der Waals surface area contributed by atoms with Crippen LogP contribution in [0.3, 0.4) is 0 Å². The fourth-order valence-electron chi connectivity index (χ4n) is 3.03. The molecule has 1 N–H and O–H groups in total. The van der Waals surface area contributed by atoms with E-state index in [1.165, 1.54) is 0 Å². The molecule has 1 amide bonds. The lowest BCUT2D eigenvalue weighted by Gasteiger charge is -2.13. The molecule has 1 aliphatic rings. The number of rotatable bonds is 5. The van der Waals surface area contributed by atoms with Crippen molar-refractivity contribution >= 4 is 17.5 Å². The second-order valence-corrected chi connectivity index (χ2v) is 6.49. The van der Waals surface area contributed by atoms with Gasteiger partial charge in [0.2, 0.25) is 0 Å². The van der Waals surface area contributed by atoms with Crippen molar-refractivity contribution in [3.8, 4) is 34.3 Å². The zero-order chi connectivity index (χ0) is 19.7. The van der Waals surface area contributed by atoms with Gasteiger partial charge in [-0.3, -0.25) is 9.48 Å². The second-order valence-electron chi connectivity index (χ2n) is 6.08. The summed E-state index contributed by atoms with van der Waals surface area (Å²) in [5, 5.41) is 7.71. The number of methoxy groups -OCH3 is 1. The lowest BCUT2D eigenvalue weighted by Crippen LogP contribution is -2.35. The molecule has 1 aliphatic heterocycles. The molecular weight excluding hydrogens is 382 g/mol. The molecule has 4 rings (SSSR count). The summed E-state index contributed by atoms with van der Waals surface area (Å²) in [5.74, 6) is 1.32. The Morgan fingerprint density at radius 2 is 2.14 bits per heavy atom. The van der Waals surface area contributed by atoms with E-state index in [0.29, 0.717) is 64.7 Å². The molecule has 0 spiro atoms. The highest BCUT2D eigenvalue weighted by Gasteiger charge is 2.21. The van der Waals surface area contributed by atoms with Crippen LogP contribution in [0.5, 0.6) is 11.5 Å². The number of hydrogen-bond acceptors (Lipinski definition) is 6. The average Bonchev–Trinajstić information content (AvgIpc) is 3.15. The maximum atomic E-state index is 12.0. The molecule has 0 fully saturated rings. The summed E-state index contributed by atoms with van der Waals surface area (Å²) < 4.78 is 12.6. The third-order valence-corrected chi connectivity index (χ3v) is 4.60. The van der Waals surface area contributed by atoms with Crippen LogP contribution in [-0.2, 0) is 6.54 Å². The molecule has 0 saturated heterocycles. The predicted octanol–water partition coefficient (Wildman–Crippen LogP) is 2.81. The summed E-state index contributed by atoms with van der Waals surface area (Å²) in [4.78, 5) is 20.9. The Hall–Kier alpha value is -3.13. The van der Waals surface area contributed by atoms with Gasteiger partial charge >= 0.3 is 0 Å². The smallest absolute Gasteiger partial charge is 0.269 e. The minimum Gasteiger partial charge on any atom is -0.493 e. The molecule has 3 aromatic rings. The predicted molar refractivity (Wildman–Crippen MR) is 104 cm³/mol. The lowest BCUT2D eigenvalue weighted by molar-refractivity contribution is 0.0924. The number of carbonyl (C=O) groups excluding carboxylic acids is 1. The number of fused-ring (bicyclic) bond motifs is 1. The second kappa shape index (κ2) is 7.47. The molecule has 3 heterocycles. The molecule has 9 heteroatoms. The molecule has 0 aliphatic carbocycles. The summed E-state index contributed by atoms with van der Waals surface area (Å²) in [6, 6.07) is 7.00. The Balaban J connectivity index is 1.74.